The number of hydrogen-bond acceptors (Lipinski definition) is 4. The highest BCUT2D eigenvalue weighted by Gasteiger charge is 2.11. The van der Waals surface area contributed by atoms with Gasteiger partial charge in [-0.25, -0.2) is 0 Å². The molecule has 0 radical (unpaired) electrons. The van der Waals surface area contributed by atoms with Crippen molar-refractivity contribution < 1.29 is 4.79 Å². The lowest BCUT2D eigenvalue weighted by atomic mass is 10.1. The van der Waals surface area contributed by atoms with Crippen LogP contribution in [0, 0.1) is 0 Å². The van der Waals surface area contributed by atoms with E-state index < -0.39 is 0 Å². The Kier molecular flexibility index (Phi) is 4.68. The molecule has 2 aromatic rings. The van der Waals surface area contributed by atoms with Gasteiger partial charge in [0.05, 0.1) is 6.04 Å². The Balaban J connectivity index is 2.18. The maximum Gasteiger partial charge on any atom is 0.269 e. The Morgan fingerprint density at radius 2 is 2.05 bits per heavy atom. The molecule has 1 aromatic heterocycles. The molecule has 1 unspecified atom stereocenters. The third-order valence-corrected chi connectivity index (χ3v) is 3.00. The van der Waals surface area contributed by atoms with Crippen LogP contribution in [0.5, 0.6) is 0 Å². The molecule has 2 rings (SSSR count). The van der Waals surface area contributed by atoms with Gasteiger partial charge in [-0.05, 0) is 17.7 Å². The van der Waals surface area contributed by atoms with Crippen LogP contribution in [0.3, 0.4) is 0 Å². The minimum absolute atomic E-state index is 0.00358. The van der Waals surface area contributed by atoms with Crippen LogP contribution >= 0.6 is 0 Å². The molecule has 0 spiro atoms. The molecule has 5 nitrogen and oxygen atoms in total. The lowest BCUT2D eigenvalue weighted by molar-refractivity contribution is 0.0958. The maximum atomic E-state index is 11.6. The number of nitrogens with one attached hydrogen (secondary N) is 2. The van der Waals surface area contributed by atoms with Crippen LogP contribution in [-0.4, -0.2) is 24.5 Å². The van der Waals surface area contributed by atoms with E-state index in [0.29, 0.717) is 12.2 Å². The molecular weight excluding hydrogens is 252 g/mol. The normalized spacial score (nSPS) is 11.7. The Bertz CT molecular complexity index is 571. The van der Waals surface area contributed by atoms with Crippen LogP contribution in [0.25, 0.3) is 0 Å². The molecule has 5 heteroatoms. The third-order valence-electron chi connectivity index (χ3n) is 3.00. The fourth-order valence-corrected chi connectivity index (χ4v) is 1.94. The van der Waals surface area contributed by atoms with Crippen LogP contribution < -0.4 is 16.4 Å². The molecule has 104 valence electrons. The van der Waals surface area contributed by atoms with Crippen molar-refractivity contribution in [2.24, 2.45) is 5.73 Å². The second-order valence-electron chi connectivity index (χ2n) is 4.35. The summed E-state index contributed by atoms with van der Waals surface area (Å²) in [5, 5.41) is 5.87. The van der Waals surface area contributed by atoms with Gasteiger partial charge in [0.1, 0.15) is 5.69 Å². The summed E-state index contributed by atoms with van der Waals surface area (Å²) < 4.78 is 0. The number of pyridine rings is 1. The highest BCUT2D eigenvalue weighted by atomic mass is 16.1. The smallest absolute Gasteiger partial charge is 0.269 e. The average molecular weight is 270 g/mol. The van der Waals surface area contributed by atoms with E-state index in [-0.39, 0.29) is 11.9 Å². The summed E-state index contributed by atoms with van der Waals surface area (Å²) >= 11 is 0. The third kappa shape index (κ3) is 3.33. The van der Waals surface area contributed by atoms with Gasteiger partial charge in [-0.2, -0.15) is 0 Å². The number of carbonyl (C=O) groups excluding carboxylic acids is 1. The number of benzene rings is 1. The second-order valence-corrected chi connectivity index (χ2v) is 4.35. The number of amides is 1. The van der Waals surface area contributed by atoms with Gasteiger partial charge in [0.25, 0.3) is 5.91 Å². The number of nitrogens with zero attached hydrogens (tertiary/aromatic N) is 1. The highest BCUT2D eigenvalue weighted by Crippen LogP contribution is 2.18. The largest absolute Gasteiger partial charge is 0.377 e. The predicted octanol–water partition coefficient (Wildman–Crippen LogP) is 1.55. The summed E-state index contributed by atoms with van der Waals surface area (Å²) in [6.07, 6.45) is 1.60. The number of aromatic nitrogens is 1. The lowest BCUT2D eigenvalue weighted by Gasteiger charge is -2.18. The summed E-state index contributed by atoms with van der Waals surface area (Å²) in [6, 6.07) is 13.5. The molecule has 0 aliphatic rings. The summed E-state index contributed by atoms with van der Waals surface area (Å²) in [4.78, 5) is 15.6. The molecule has 0 fully saturated rings. The van der Waals surface area contributed by atoms with Gasteiger partial charge < -0.3 is 16.4 Å². The molecule has 1 heterocycles. The van der Waals surface area contributed by atoms with Crippen molar-refractivity contribution in [3.8, 4) is 0 Å². The second kappa shape index (κ2) is 6.68. The summed E-state index contributed by atoms with van der Waals surface area (Å²) in [7, 11) is 1.58. The van der Waals surface area contributed by atoms with Crippen LogP contribution in [0.15, 0.2) is 48.7 Å². The summed E-state index contributed by atoms with van der Waals surface area (Å²) in [5.41, 5.74) is 8.12. The maximum absolute atomic E-state index is 11.6. The van der Waals surface area contributed by atoms with E-state index >= 15 is 0 Å². The van der Waals surface area contributed by atoms with E-state index in [9.17, 15) is 4.79 Å². The Morgan fingerprint density at radius 3 is 2.70 bits per heavy atom. The molecule has 20 heavy (non-hydrogen) atoms. The van der Waals surface area contributed by atoms with Crippen molar-refractivity contribution in [1.82, 2.24) is 10.3 Å². The van der Waals surface area contributed by atoms with Gasteiger partial charge in [0, 0.05) is 25.5 Å². The van der Waals surface area contributed by atoms with Gasteiger partial charge in [-0.15, -0.1) is 0 Å². The van der Waals surface area contributed by atoms with Gasteiger partial charge in [0.15, 0.2) is 0 Å². The van der Waals surface area contributed by atoms with Gasteiger partial charge in [-0.3, -0.25) is 9.78 Å². The summed E-state index contributed by atoms with van der Waals surface area (Å²) in [5.74, 6) is -0.211. The van der Waals surface area contributed by atoms with E-state index in [0.717, 1.165) is 11.3 Å². The van der Waals surface area contributed by atoms with Crippen LogP contribution in [0.4, 0.5) is 5.69 Å². The minimum Gasteiger partial charge on any atom is -0.377 e. The zero-order valence-electron chi connectivity index (χ0n) is 11.3. The molecule has 0 aliphatic heterocycles. The number of carbonyl (C=O) groups is 1. The molecule has 4 N–H and O–H groups in total. The van der Waals surface area contributed by atoms with Gasteiger partial charge in [0.2, 0.25) is 0 Å². The molecule has 0 saturated heterocycles. The Labute approximate surface area is 118 Å². The predicted molar refractivity (Wildman–Crippen MR) is 79.5 cm³/mol. The zero-order valence-corrected chi connectivity index (χ0v) is 11.3. The van der Waals surface area contributed by atoms with Crippen molar-refractivity contribution in [2.45, 2.75) is 6.04 Å². The van der Waals surface area contributed by atoms with Crippen molar-refractivity contribution in [1.29, 1.82) is 0 Å². The van der Waals surface area contributed by atoms with Gasteiger partial charge >= 0.3 is 0 Å². The van der Waals surface area contributed by atoms with Crippen LogP contribution in [0.1, 0.15) is 22.1 Å². The standard InChI is InChI=1S/C15H18N4O/c1-17-15(20)13-9-12(7-8-18-13)19-14(10-16)11-5-3-2-4-6-11/h2-9,14H,10,16H2,1H3,(H,17,20)(H,18,19). The molecule has 1 aromatic carbocycles. The molecule has 0 saturated carbocycles. The molecular formula is C15H18N4O. The van der Waals surface area contributed by atoms with E-state index in [1.165, 1.54) is 0 Å². The van der Waals surface area contributed by atoms with Crippen molar-refractivity contribution in [3.63, 3.8) is 0 Å². The number of rotatable bonds is 5. The van der Waals surface area contributed by atoms with Crippen molar-refractivity contribution in [3.05, 3.63) is 59.9 Å². The van der Waals surface area contributed by atoms with Crippen LogP contribution in [0.2, 0.25) is 0 Å². The fraction of sp³-hybridized carbons (Fsp3) is 0.200. The topological polar surface area (TPSA) is 80.0 Å². The van der Waals surface area contributed by atoms with E-state index in [1.54, 1.807) is 19.3 Å². The first kappa shape index (κ1) is 14.0. The van der Waals surface area contributed by atoms with Crippen molar-refractivity contribution in [2.75, 3.05) is 18.9 Å². The van der Waals surface area contributed by atoms with Crippen LogP contribution in [-0.2, 0) is 0 Å². The number of anilines is 1. The Hall–Kier alpha value is -2.40. The first-order chi connectivity index (χ1) is 9.74. The monoisotopic (exact) mass is 270 g/mol. The van der Waals surface area contributed by atoms with E-state index in [4.69, 9.17) is 5.73 Å². The lowest BCUT2D eigenvalue weighted by Crippen LogP contribution is -2.22. The fourth-order valence-electron chi connectivity index (χ4n) is 1.94. The van der Waals surface area contributed by atoms with E-state index in [2.05, 4.69) is 15.6 Å². The average Bonchev–Trinajstić information content (AvgIpc) is 2.53. The highest BCUT2D eigenvalue weighted by molar-refractivity contribution is 5.92. The summed E-state index contributed by atoms with van der Waals surface area (Å²) in [6.45, 7) is 0.460. The molecule has 0 bridgehead atoms. The van der Waals surface area contributed by atoms with Crippen molar-refractivity contribution >= 4 is 11.6 Å². The molecule has 1 amide bonds. The number of nitrogens with two attached hydrogens (primary N) is 1. The first-order valence-electron chi connectivity index (χ1n) is 6.44. The minimum atomic E-state index is -0.211. The SMILES string of the molecule is CNC(=O)c1cc(NC(CN)c2ccccc2)ccn1. The quantitative estimate of drug-likeness (QED) is 0.770. The Morgan fingerprint density at radius 1 is 1.30 bits per heavy atom. The number of hydrogen-bond donors (Lipinski definition) is 3. The van der Waals surface area contributed by atoms with Gasteiger partial charge in [-0.1, -0.05) is 30.3 Å². The zero-order chi connectivity index (χ0) is 14.4. The molecule has 1 atom stereocenters. The molecule has 0 aliphatic carbocycles. The first-order valence-corrected chi connectivity index (χ1v) is 6.44. The van der Waals surface area contributed by atoms with E-state index in [1.807, 2.05) is 36.4 Å².